The van der Waals surface area contributed by atoms with E-state index < -0.39 is 12.0 Å². The van der Waals surface area contributed by atoms with E-state index in [1.165, 1.54) is 0 Å². The van der Waals surface area contributed by atoms with Gasteiger partial charge in [0.1, 0.15) is 11.5 Å². The maximum absolute atomic E-state index is 12.0. The molecule has 0 aliphatic carbocycles. The lowest BCUT2D eigenvalue weighted by molar-refractivity contribution is 0.0932. The summed E-state index contributed by atoms with van der Waals surface area (Å²) in [6.07, 6.45) is 3.03. The normalized spacial score (nSPS) is 14.8. The summed E-state index contributed by atoms with van der Waals surface area (Å²) in [5.41, 5.74) is 7.52. The summed E-state index contributed by atoms with van der Waals surface area (Å²) in [4.78, 5) is 31.4. The SMILES string of the molecule is C=N/C(=C\C=N/C)[C@@H](Oc1ccc2c(c1)OCCC2=O)c1ccc(C(N)=O)cc1. The number of carbonyl (C=O) groups excluding carboxylic acids is 2. The monoisotopic (exact) mass is 391 g/mol. The summed E-state index contributed by atoms with van der Waals surface area (Å²) < 4.78 is 11.8. The highest BCUT2D eigenvalue weighted by molar-refractivity contribution is 5.99. The fourth-order valence-corrected chi connectivity index (χ4v) is 2.95. The van der Waals surface area contributed by atoms with E-state index in [0.29, 0.717) is 41.4 Å². The molecule has 2 aromatic carbocycles. The molecule has 2 N–H and O–H groups in total. The van der Waals surface area contributed by atoms with Gasteiger partial charge in [-0.1, -0.05) is 12.1 Å². The number of hydrogen-bond donors (Lipinski definition) is 1. The summed E-state index contributed by atoms with van der Waals surface area (Å²) in [5.74, 6) is 0.532. The van der Waals surface area contributed by atoms with Crippen molar-refractivity contribution in [1.82, 2.24) is 0 Å². The van der Waals surface area contributed by atoms with E-state index in [1.54, 1.807) is 61.8 Å². The average molecular weight is 391 g/mol. The number of nitrogens with two attached hydrogens (primary N) is 1. The lowest BCUT2D eigenvalue weighted by Crippen LogP contribution is -2.16. The molecule has 0 saturated carbocycles. The van der Waals surface area contributed by atoms with Gasteiger partial charge in [0.05, 0.1) is 17.9 Å². The van der Waals surface area contributed by atoms with E-state index in [0.717, 1.165) is 5.56 Å². The van der Waals surface area contributed by atoms with Crippen molar-refractivity contribution in [2.75, 3.05) is 13.7 Å². The van der Waals surface area contributed by atoms with Gasteiger partial charge < -0.3 is 15.2 Å². The second-order valence-corrected chi connectivity index (χ2v) is 6.32. The molecule has 0 saturated heterocycles. The number of aliphatic imine (C=N–C) groups is 2. The summed E-state index contributed by atoms with van der Waals surface area (Å²) in [5, 5.41) is 0. The first-order valence-corrected chi connectivity index (χ1v) is 8.99. The van der Waals surface area contributed by atoms with Crippen LogP contribution < -0.4 is 15.2 Å². The van der Waals surface area contributed by atoms with Gasteiger partial charge >= 0.3 is 0 Å². The molecular formula is C22H21N3O4. The minimum Gasteiger partial charge on any atom is -0.492 e. The zero-order valence-electron chi connectivity index (χ0n) is 16.0. The van der Waals surface area contributed by atoms with Crippen LogP contribution in [-0.4, -0.2) is 38.3 Å². The molecule has 148 valence electrons. The largest absolute Gasteiger partial charge is 0.492 e. The first-order valence-electron chi connectivity index (χ1n) is 8.99. The fourth-order valence-electron chi connectivity index (χ4n) is 2.95. The maximum Gasteiger partial charge on any atom is 0.248 e. The quantitative estimate of drug-likeness (QED) is 0.732. The van der Waals surface area contributed by atoms with Crippen molar-refractivity contribution in [3.05, 3.63) is 70.9 Å². The Bertz CT molecular complexity index is 994. The lowest BCUT2D eigenvalue weighted by atomic mass is 10.0. The number of primary amides is 1. The third-order valence-electron chi connectivity index (χ3n) is 4.44. The summed E-state index contributed by atoms with van der Waals surface area (Å²) in [6, 6.07) is 11.8. The number of hydrogen-bond acceptors (Lipinski definition) is 6. The van der Waals surface area contributed by atoms with Crippen LogP contribution in [0.5, 0.6) is 11.5 Å². The van der Waals surface area contributed by atoms with Crippen LogP contribution in [-0.2, 0) is 0 Å². The summed E-state index contributed by atoms with van der Waals surface area (Å²) in [6.45, 7) is 3.97. The molecule has 3 rings (SSSR count). The second-order valence-electron chi connectivity index (χ2n) is 6.32. The molecule has 7 heteroatoms. The zero-order valence-corrected chi connectivity index (χ0v) is 16.0. The van der Waals surface area contributed by atoms with Crippen LogP contribution in [0.1, 0.15) is 38.8 Å². The van der Waals surface area contributed by atoms with E-state index >= 15 is 0 Å². The Kier molecular flexibility index (Phi) is 6.19. The number of nitrogens with zero attached hydrogens (tertiary/aromatic N) is 2. The van der Waals surface area contributed by atoms with Crippen LogP contribution in [0.15, 0.2) is 64.2 Å². The van der Waals surface area contributed by atoms with Crippen molar-refractivity contribution in [3.63, 3.8) is 0 Å². The van der Waals surface area contributed by atoms with Crippen molar-refractivity contribution in [2.45, 2.75) is 12.5 Å². The van der Waals surface area contributed by atoms with Gasteiger partial charge in [-0.2, -0.15) is 0 Å². The Balaban J connectivity index is 1.98. The van der Waals surface area contributed by atoms with Gasteiger partial charge in [-0.15, -0.1) is 0 Å². The highest BCUT2D eigenvalue weighted by Crippen LogP contribution is 2.34. The van der Waals surface area contributed by atoms with Crippen molar-refractivity contribution < 1.29 is 19.1 Å². The first kappa shape index (κ1) is 20.0. The predicted molar refractivity (Wildman–Crippen MR) is 111 cm³/mol. The molecular weight excluding hydrogens is 370 g/mol. The molecule has 1 amide bonds. The smallest absolute Gasteiger partial charge is 0.248 e. The number of Topliss-reactive ketones (excluding diaryl/α,β-unsaturated/α-hetero) is 1. The van der Waals surface area contributed by atoms with E-state index in [1.807, 2.05) is 0 Å². The zero-order chi connectivity index (χ0) is 20.8. The molecule has 1 aliphatic rings. The van der Waals surface area contributed by atoms with Gasteiger partial charge in [0.2, 0.25) is 5.91 Å². The topological polar surface area (TPSA) is 103 Å². The van der Waals surface area contributed by atoms with E-state index in [4.69, 9.17) is 15.2 Å². The maximum atomic E-state index is 12.0. The lowest BCUT2D eigenvalue weighted by Gasteiger charge is -2.22. The number of ketones is 1. The molecule has 0 bridgehead atoms. The van der Waals surface area contributed by atoms with Gasteiger partial charge in [0.15, 0.2) is 11.9 Å². The van der Waals surface area contributed by atoms with Crippen molar-refractivity contribution >= 4 is 24.6 Å². The molecule has 0 spiro atoms. The number of amides is 1. The van der Waals surface area contributed by atoms with Crippen LogP contribution >= 0.6 is 0 Å². The Hall–Kier alpha value is -3.74. The number of benzene rings is 2. The van der Waals surface area contributed by atoms with Crippen molar-refractivity contribution in [2.24, 2.45) is 15.7 Å². The van der Waals surface area contributed by atoms with E-state index in [-0.39, 0.29) is 5.78 Å². The Morgan fingerprint density at radius 1 is 1.28 bits per heavy atom. The van der Waals surface area contributed by atoms with Crippen molar-refractivity contribution in [3.8, 4) is 11.5 Å². The average Bonchev–Trinajstić information content (AvgIpc) is 2.73. The Labute approximate surface area is 168 Å². The molecule has 0 aromatic heterocycles. The molecule has 2 aromatic rings. The number of rotatable bonds is 7. The molecule has 0 unspecified atom stereocenters. The van der Waals surface area contributed by atoms with Gasteiger partial charge in [0.25, 0.3) is 0 Å². The fraction of sp³-hybridized carbons (Fsp3) is 0.182. The van der Waals surface area contributed by atoms with E-state index in [2.05, 4.69) is 16.7 Å². The van der Waals surface area contributed by atoms with Crippen LogP contribution in [0.4, 0.5) is 0 Å². The van der Waals surface area contributed by atoms with Crippen LogP contribution in [0, 0.1) is 0 Å². The minimum atomic E-state index is -0.621. The molecule has 1 atom stereocenters. The number of carbonyl (C=O) groups is 2. The molecule has 1 heterocycles. The molecule has 1 aliphatic heterocycles. The Morgan fingerprint density at radius 3 is 2.69 bits per heavy atom. The van der Waals surface area contributed by atoms with Crippen LogP contribution in [0.2, 0.25) is 0 Å². The predicted octanol–water partition coefficient (Wildman–Crippen LogP) is 3.16. The number of ether oxygens (including phenoxy) is 2. The summed E-state index contributed by atoms with van der Waals surface area (Å²) in [7, 11) is 1.65. The molecule has 29 heavy (non-hydrogen) atoms. The van der Waals surface area contributed by atoms with Gasteiger partial charge in [-0.25, -0.2) is 0 Å². The highest BCUT2D eigenvalue weighted by atomic mass is 16.5. The molecule has 0 fully saturated rings. The minimum absolute atomic E-state index is 0.0453. The van der Waals surface area contributed by atoms with Gasteiger partial charge in [-0.05, 0) is 42.6 Å². The summed E-state index contributed by atoms with van der Waals surface area (Å²) >= 11 is 0. The third kappa shape index (κ3) is 4.57. The highest BCUT2D eigenvalue weighted by Gasteiger charge is 2.22. The Morgan fingerprint density at radius 2 is 2.03 bits per heavy atom. The second kappa shape index (κ2) is 8.97. The molecule has 7 nitrogen and oxygen atoms in total. The first-order chi connectivity index (χ1) is 14.0. The van der Waals surface area contributed by atoms with Gasteiger partial charge in [-0.3, -0.25) is 19.6 Å². The van der Waals surface area contributed by atoms with E-state index in [9.17, 15) is 9.59 Å². The standard InChI is InChI=1S/C22H21N3O4/c1-24-11-9-18(25-2)21(14-3-5-15(6-4-14)22(23)27)29-16-7-8-17-19(26)10-12-28-20(17)13-16/h3-9,11,13,21H,2,10,12H2,1H3,(H2,23,27)/b18-9-,24-11-/t21-/m0/s1. The van der Waals surface area contributed by atoms with Crippen LogP contribution in [0.3, 0.4) is 0 Å². The number of allylic oxidation sites excluding steroid dienone is 1. The van der Waals surface area contributed by atoms with Gasteiger partial charge in [0, 0.05) is 31.3 Å². The third-order valence-corrected chi connectivity index (χ3v) is 4.44. The molecule has 0 radical (unpaired) electrons. The van der Waals surface area contributed by atoms with Crippen LogP contribution in [0.25, 0.3) is 0 Å². The van der Waals surface area contributed by atoms with Crippen molar-refractivity contribution in [1.29, 1.82) is 0 Å². The number of fused-ring (bicyclic) bond motifs is 1.